The Labute approximate surface area is 175 Å². The molecule has 0 aromatic carbocycles. The minimum Gasteiger partial charge on any atom is -0.378 e. The van der Waals surface area contributed by atoms with Crippen LogP contribution >= 0.6 is 24.0 Å². The van der Waals surface area contributed by atoms with Crippen molar-refractivity contribution in [1.82, 2.24) is 15.1 Å². The van der Waals surface area contributed by atoms with Gasteiger partial charge in [-0.05, 0) is 26.2 Å². The van der Waals surface area contributed by atoms with Crippen LogP contribution in [0.4, 0.5) is 0 Å². The zero-order chi connectivity index (χ0) is 18.0. The summed E-state index contributed by atoms with van der Waals surface area (Å²) in [6.07, 6.45) is 5.35. The van der Waals surface area contributed by atoms with Crippen LogP contribution < -0.4 is 5.32 Å². The molecule has 0 radical (unpaired) electrons. The lowest BCUT2D eigenvalue weighted by Gasteiger charge is -2.61. The Kier molecular flexibility index (Phi) is 7.59. The van der Waals surface area contributed by atoms with Crippen molar-refractivity contribution in [2.24, 2.45) is 16.3 Å². The average Bonchev–Trinajstić information content (AvgIpc) is 2.55. The van der Waals surface area contributed by atoms with Crippen LogP contribution in [0.15, 0.2) is 4.99 Å². The maximum absolute atomic E-state index is 12.2. The number of carbonyl (C=O) groups excluding carboxylic acids is 1. The van der Waals surface area contributed by atoms with E-state index in [4.69, 9.17) is 4.74 Å². The van der Waals surface area contributed by atoms with Crippen molar-refractivity contribution in [3.63, 3.8) is 0 Å². The second-order valence-corrected chi connectivity index (χ2v) is 7.98. The van der Waals surface area contributed by atoms with Crippen molar-refractivity contribution in [3.8, 4) is 0 Å². The lowest BCUT2D eigenvalue weighted by atomic mass is 9.51. The molecule has 0 aromatic heterocycles. The Hall–Kier alpha value is -0.570. The lowest BCUT2D eigenvalue weighted by Crippen LogP contribution is -2.69. The third-order valence-electron chi connectivity index (χ3n) is 6.34. The fourth-order valence-electron chi connectivity index (χ4n) is 4.60. The van der Waals surface area contributed by atoms with Gasteiger partial charge in [-0.3, -0.25) is 9.79 Å². The highest BCUT2D eigenvalue weighted by Crippen LogP contribution is 2.57. The first-order valence-corrected chi connectivity index (χ1v) is 9.90. The van der Waals surface area contributed by atoms with Gasteiger partial charge in [-0.1, -0.05) is 20.3 Å². The fourth-order valence-corrected chi connectivity index (χ4v) is 4.60. The first kappa shape index (κ1) is 21.7. The molecular formula is C19H35IN4O2. The molecule has 1 N–H and O–H groups in total. The smallest absolute Gasteiger partial charge is 0.225 e. The molecule has 7 heteroatoms. The third kappa shape index (κ3) is 3.98. The third-order valence-corrected chi connectivity index (χ3v) is 6.34. The summed E-state index contributed by atoms with van der Waals surface area (Å²) in [5.41, 5.74) is 0.335. The molecule has 2 saturated carbocycles. The molecule has 1 saturated heterocycles. The SMILES string of the molecule is CCOC1CC(NC(=NC)N2CCN(C(=O)C(C)C)CC2)C12CCC2.I. The Morgan fingerprint density at radius 2 is 1.85 bits per heavy atom. The number of aliphatic imine (C=N–C) groups is 1. The first-order chi connectivity index (χ1) is 12.0. The van der Waals surface area contributed by atoms with Crippen molar-refractivity contribution < 1.29 is 9.53 Å². The number of piperazine rings is 1. The molecule has 1 heterocycles. The number of halogens is 1. The van der Waals surface area contributed by atoms with Crippen LogP contribution in [0.3, 0.4) is 0 Å². The summed E-state index contributed by atoms with van der Waals surface area (Å²) in [5.74, 6) is 1.32. The van der Waals surface area contributed by atoms with E-state index in [-0.39, 0.29) is 35.8 Å². The van der Waals surface area contributed by atoms with E-state index in [1.165, 1.54) is 19.3 Å². The summed E-state index contributed by atoms with van der Waals surface area (Å²) in [6, 6.07) is 0.479. The van der Waals surface area contributed by atoms with Gasteiger partial charge in [-0.25, -0.2) is 0 Å². The number of nitrogens with one attached hydrogen (secondary N) is 1. The van der Waals surface area contributed by atoms with Gasteiger partial charge in [-0.15, -0.1) is 24.0 Å². The summed E-state index contributed by atoms with van der Waals surface area (Å²) in [4.78, 5) is 21.0. The van der Waals surface area contributed by atoms with Gasteiger partial charge in [-0.2, -0.15) is 0 Å². The van der Waals surface area contributed by atoms with Crippen LogP contribution in [0.25, 0.3) is 0 Å². The Morgan fingerprint density at radius 3 is 2.31 bits per heavy atom. The fraction of sp³-hybridized carbons (Fsp3) is 0.895. The van der Waals surface area contributed by atoms with E-state index in [1.807, 2.05) is 25.8 Å². The monoisotopic (exact) mass is 478 g/mol. The summed E-state index contributed by atoms with van der Waals surface area (Å²) < 4.78 is 5.95. The molecule has 1 amide bonds. The van der Waals surface area contributed by atoms with E-state index in [0.717, 1.165) is 45.2 Å². The van der Waals surface area contributed by atoms with Gasteiger partial charge >= 0.3 is 0 Å². The van der Waals surface area contributed by atoms with Crippen LogP contribution in [0.2, 0.25) is 0 Å². The number of ether oxygens (including phenoxy) is 1. The van der Waals surface area contributed by atoms with E-state index in [2.05, 4.69) is 22.1 Å². The molecule has 6 nitrogen and oxygen atoms in total. The number of amides is 1. The van der Waals surface area contributed by atoms with E-state index < -0.39 is 0 Å². The molecule has 2 unspecified atom stereocenters. The molecule has 3 rings (SSSR count). The normalized spacial score (nSPS) is 27.7. The largest absolute Gasteiger partial charge is 0.378 e. The molecule has 0 bridgehead atoms. The summed E-state index contributed by atoms with van der Waals surface area (Å²) in [5, 5.41) is 3.71. The van der Waals surface area contributed by atoms with Gasteiger partial charge in [0, 0.05) is 57.2 Å². The Morgan fingerprint density at radius 1 is 1.23 bits per heavy atom. The van der Waals surface area contributed by atoms with E-state index >= 15 is 0 Å². The second-order valence-electron chi connectivity index (χ2n) is 7.98. The highest BCUT2D eigenvalue weighted by molar-refractivity contribution is 14.0. The van der Waals surface area contributed by atoms with Crippen LogP contribution in [0.5, 0.6) is 0 Å². The maximum atomic E-state index is 12.2. The molecule has 2 aliphatic carbocycles. The van der Waals surface area contributed by atoms with Crippen molar-refractivity contribution in [3.05, 3.63) is 0 Å². The van der Waals surface area contributed by atoms with E-state index in [9.17, 15) is 4.79 Å². The Bertz CT molecular complexity index is 514. The standard InChI is InChI=1S/C19H34N4O2.HI/c1-5-25-16-13-15(19(16)7-6-8-19)21-18(20-4)23-11-9-22(10-12-23)17(24)14(2)3;/h14-16H,5-13H2,1-4H3,(H,20,21);1H. The van der Waals surface area contributed by atoms with Gasteiger partial charge in [0.2, 0.25) is 5.91 Å². The lowest BCUT2D eigenvalue weighted by molar-refractivity contribution is -0.169. The summed E-state index contributed by atoms with van der Waals surface area (Å²) in [7, 11) is 1.86. The van der Waals surface area contributed by atoms with Crippen LogP contribution in [0.1, 0.15) is 46.5 Å². The molecule has 1 aliphatic heterocycles. The zero-order valence-electron chi connectivity index (χ0n) is 16.7. The van der Waals surface area contributed by atoms with Crippen molar-refractivity contribution in [2.75, 3.05) is 39.8 Å². The van der Waals surface area contributed by atoms with E-state index in [1.54, 1.807) is 0 Å². The van der Waals surface area contributed by atoms with Crippen LogP contribution in [-0.4, -0.2) is 73.6 Å². The Balaban J connectivity index is 0.00000243. The van der Waals surface area contributed by atoms with Gasteiger partial charge in [0.25, 0.3) is 0 Å². The van der Waals surface area contributed by atoms with Crippen LogP contribution in [-0.2, 0) is 9.53 Å². The summed E-state index contributed by atoms with van der Waals surface area (Å²) in [6.45, 7) is 10.1. The highest BCUT2D eigenvalue weighted by Gasteiger charge is 2.59. The van der Waals surface area contributed by atoms with Gasteiger partial charge < -0.3 is 19.9 Å². The zero-order valence-corrected chi connectivity index (χ0v) is 19.0. The number of carbonyl (C=O) groups is 1. The number of hydrogen-bond donors (Lipinski definition) is 1. The molecule has 2 atom stereocenters. The van der Waals surface area contributed by atoms with Gasteiger partial charge in [0.15, 0.2) is 5.96 Å². The van der Waals surface area contributed by atoms with Gasteiger partial charge in [0.05, 0.1) is 6.10 Å². The quantitative estimate of drug-likeness (QED) is 0.383. The maximum Gasteiger partial charge on any atom is 0.225 e. The molecule has 26 heavy (non-hydrogen) atoms. The van der Waals surface area contributed by atoms with E-state index in [0.29, 0.717) is 17.6 Å². The molecule has 1 spiro atoms. The number of nitrogens with zero attached hydrogens (tertiary/aromatic N) is 3. The number of rotatable bonds is 4. The van der Waals surface area contributed by atoms with Crippen molar-refractivity contribution in [1.29, 1.82) is 0 Å². The molecule has 150 valence electrons. The molecule has 0 aromatic rings. The average molecular weight is 478 g/mol. The van der Waals surface area contributed by atoms with Crippen LogP contribution in [0, 0.1) is 11.3 Å². The molecule has 3 fully saturated rings. The van der Waals surface area contributed by atoms with Crippen molar-refractivity contribution >= 4 is 35.8 Å². The summed E-state index contributed by atoms with van der Waals surface area (Å²) >= 11 is 0. The number of hydrogen-bond acceptors (Lipinski definition) is 3. The van der Waals surface area contributed by atoms with Gasteiger partial charge in [0.1, 0.15) is 0 Å². The predicted molar refractivity (Wildman–Crippen MR) is 115 cm³/mol. The second kappa shape index (κ2) is 9.08. The molecular weight excluding hydrogens is 443 g/mol. The topological polar surface area (TPSA) is 57.2 Å². The van der Waals surface area contributed by atoms with Crippen molar-refractivity contribution in [2.45, 2.75) is 58.6 Å². The predicted octanol–water partition coefficient (Wildman–Crippen LogP) is 2.33. The number of guanidine groups is 1. The minimum absolute atomic E-state index is 0. The molecule has 3 aliphatic rings. The minimum atomic E-state index is 0. The first-order valence-electron chi connectivity index (χ1n) is 9.90. The highest BCUT2D eigenvalue weighted by atomic mass is 127.